The third kappa shape index (κ3) is 3.78. The fourth-order valence-electron chi connectivity index (χ4n) is 2.37. The predicted molar refractivity (Wildman–Crippen MR) is 84.4 cm³/mol. The van der Waals surface area contributed by atoms with Gasteiger partial charge in [0.25, 0.3) is 0 Å². The lowest BCUT2D eigenvalue weighted by Gasteiger charge is -2.32. The van der Waals surface area contributed by atoms with Crippen LogP contribution in [-0.2, 0) is 8.85 Å². The average Bonchev–Trinajstić information content (AvgIpc) is 2.49. The van der Waals surface area contributed by atoms with Gasteiger partial charge in [-0.1, -0.05) is 57.7 Å². The van der Waals surface area contributed by atoms with E-state index in [2.05, 4.69) is 45.5 Å². The van der Waals surface area contributed by atoms with Crippen molar-refractivity contribution in [2.75, 3.05) is 7.11 Å². The van der Waals surface area contributed by atoms with Crippen molar-refractivity contribution < 1.29 is 8.85 Å². The molecular formula is C16H26O2Si. The van der Waals surface area contributed by atoms with E-state index < -0.39 is 8.56 Å². The summed E-state index contributed by atoms with van der Waals surface area (Å²) >= 11 is 0. The predicted octanol–water partition coefficient (Wildman–Crippen LogP) is 4.93. The summed E-state index contributed by atoms with van der Waals surface area (Å²) in [6.45, 7) is 10.4. The van der Waals surface area contributed by atoms with E-state index in [4.69, 9.17) is 8.85 Å². The molecule has 0 amide bonds. The summed E-state index contributed by atoms with van der Waals surface area (Å²) < 4.78 is 12.2. The summed E-state index contributed by atoms with van der Waals surface area (Å²) in [6, 6.07) is 10.3. The van der Waals surface area contributed by atoms with Crippen molar-refractivity contribution >= 4 is 14.6 Å². The second kappa shape index (κ2) is 7.63. The Bertz CT molecular complexity index is 391. The second-order valence-electron chi connectivity index (χ2n) is 4.67. The van der Waals surface area contributed by atoms with Gasteiger partial charge >= 0.3 is 8.56 Å². The van der Waals surface area contributed by atoms with Gasteiger partial charge in [-0.25, -0.2) is 0 Å². The number of hydrogen-bond acceptors (Lipinski definition) is 2. The Morgan fingerprint density at radius 2 is 1.84 bits per heavy atom. The number of rotatable bonds is 8. The van der Waals surface area contributed by atoms with Crippen LogP contribution in [0.1, 0.15) is 44.4 Å². The molecule has 106 valence electrons. The van der Waals surface area contributed by atoms with E-state index >= 15 is 0 Å². The Hall–Kier alpha value is -0.903. The van der Waals surface area contributed by atoms with Gasteiger partial charge in [0.05, 0.1) is 6.10 Å². The quantitative estimate of drug-likeness (QED) is 0.628. The Labute approximate surface area is 118 Å². The Morgan fingerprint density at radius 3 is 2.32 bits per heavy atom. The van der Waals surface area contributed by atoms with Crippen LogP contribution in [0.2, 0.25) is 12.1 Å². The maximum Gasteiger partial charge on any atom is 0.337 e. The highest BCUT2D eigenvalue weighted by atomic mass is 28.4. The van der Waals surface area contributed by atoms with Crippen LogP contribution in [0, 0.1) is 0 Å². The van der Waals surface area contributed by atoms with Crippen LogP contribution in [0.4, 0.5) is 0 Å². The molecule has 0 spiro atoms. The molecule has 1 aromatic rings. The maximum absolute atomic E-state index is 6.43. The zero-order valence-corrected chi connectivity index (χ0v) is 13.6. The van der Waals surface area contributed by atoms with Crippen molar-refractivity contribution in [3.8, 4) is 0 Å². The van der Waals surface area contributed by atoms with E-state index in [9.17, 15) is 0 Å². The minimum absolute atomic E-state index is 0.0979. The van der Waals surface area contributed by atoms with Crippen LogP contribution in [-0.4, -0.2) is 15.7 Å². The van der Waals surface area contributed by atoms with E-state index in [1.807, 2.05) is 12.1 Å². The second-order valence-corrected chi connectivity index (χ2v) is 8.55. The zero-order valence-electron chi connectivity index (χ0n) is 12.6. The summed E-state index contributed by atoms with van der Waals surface area (Å²) in [5, 5.41) is 0. The normalized spacial score (nSPS) is 13.3. The SMILES string of the molecule is C=Cc1ccccc1C(CC)O[Si](CC)(CC)OC. The molecule has 19 heavy (non-hydrogen) atoms. The summed E-state index contributed by atoms with van der Waals surface area (Å²) in [5.74, 6) is 0. The highest BCUT2D eigenvalue weighted by molar-refractivity contribution is 6.67. The first-order valence-electron chi connectivity index (χ1n) is 7.10. The van der Waals surface area contributed by atoms with Crippen molar-refractivity contribution in [1.82, 2.24) is 0 Å². The third-order valence-corrected chi connectivity index (χ3v) is 7.35. The van der Waals surface area contributed by atoms with Gasteiger partial charge in [0, 0.05) is 7.11 Å². The Kier molecular flexibility index (Phi) is 6.49. The van der Waals surface area contributed by atoms with Crippen molar-refractivity contribution in [3.05, 3.63) is 42.0 Å². The molecule has 0 bridgehead atoms. The minimum atomic E-state index is -2.05. The Balaban J connectivity index is 3.03. The van der Waals surface area contributed by atoms with Crippen molar-refractivity contribution in [1.29, 1.82) is 0 Å². The van der Waals surface area contributed by atoms with Crippen molar-refractivity contribution in [2.24, 2.45) is 0 Å². The molecule has 0 radical (unpaired) electrons. The van der Waals surface area contributed by atoms with E-state index in [0.717, 1.165) is 24.1 Å². The fourth-order valence-corrected chi connectivity index (χ4v) is 4.69. The molecule has 1 unspecified atom stereocenters. The fraction of sp³-hybridized carbons (Fsp3) is 0.500. The van der Waals surface area contributed by atoms with Gasteiger partial charge in [-0.3, -0.25) is 0 Å². The summed E-state index contributed by atoms with van der Waals surface area (Å²) in [7, 11) is -0.271. The number of hydrogen-bond donors (Lipinski definition) is 0. The molecule has 1 aromatic carbocycles. The summed E-state index contributed by atoms with van der Waals surface area (Å²) in [4.78, 5) is 0. The molecule has 3 heteroatoms. The Morgan fingerprint density at radius 1 is 1.21 bits per heavy atom. The van der Waals surface area contributed by atoms with Gasteiger partial charge in [0.1, 0.15) is 0 Å². The van der Waals surface area contributed by atoms with Gasteiger partial charge in [-0.2, -0.15) is 0 Å². The zero-order chi connectivity index (χ0) is 14.3. The van der Waals surface area contributed by atoms with Crippen LogP contribution in [0.5, 0.6) is 0 Å². The molecule has 0 heterocycles. The molecule has 1 rings (SSSR count). The van der Waals surface area contributed by atoms with Crippen LogP contribution >= 0.6 is 0 Å². The first kappa shape index (κ1) is 16.2. The molecule has 0 saturated heterocycles. The average molecular weight is 278 g/mol. The largest absolute Gasteiger partial charge is 0.398 e. The molecule has 0 aliphatic carbocycles. The molecule has 2 nitrogen and oxygen atoms in total. The minimum Gasteiger partial charge on any atom is -0.398 e. The smallest absolute Gasteiger partial charge is 0.337 e. The monoisotopic (exact) mass is 278 g/mol. The first-order chi connectivity index (χ1) is 9.16. The van der Waals surface area contributed by atoms with Gasteiger partial charge in [-0.05, 0) is 29.6 Å². The van der Waals surface area contributed by atoms with Crippen LogP contribution in [0.15, 0.2) is 30.8 Å². The third-order valence-electron chi connectivity index (χ3n) is 3.74. The molecule has 0 saturated carbocycles. The molecule has 0 fully saturated rings. The lowest BCUT2D eigenvalue weighted by molar-refractivity contribution is 0.126. The molecule has 1 atom stereocenters. The maximum atomic E-state index is 6.43. The molecule has 0 aromatic heterocycles. The highest BCUT2D eigenvalue weighted by Crippen LogP contribution is 2.31. The summed E-state index contributed by atoms with van der Waals surface area (Å²) in [6.07, 6.45) is 2.94. The van der Waals surface area contributed by atoms with Gasteiger partial charge in [-0.15, -0.1) is 0 Å². The van der Waals surface area contributed by atoms with Gasteiger partial charge in [0.15, 0.2) is 0 Å². The van der Waals surface area contributed by atoms with Crippen LogP contribution in [0.25, 0.3) is 6.08 Å². The van der Waals surface area contributed by atoms with Gasteiger partial charge in [0.2, 0.25) is 0 Å². The van der Waals surface area contributed by atoms with E-state index in [0.29, 0.717) is 0 Å². The van der Waals surface area contributed by atoms with Crippen molar-refractivity contribution in [3.63, 3.8) is 0 Å². The molecule has 0 N–H and O–H groups in total. The van der Waals surface area contributed by atoms with E-state index in [1.54, 1.807) is 7.11 Å². The topological polar surface area (TPSA) is 18.5 Å². The molecule has 0 aliphatic rings. The van der Waals surface area contributed by atoms with E-state index in [-0.39, 0.29) is 6.10 Å². The molecule has 0 aliphatic heterocycles. The van der Waals surface area contributed by atoms with Crippen molar-refractivity contribution in [2.45, 2.75) is 45.4 Å². The standard InChI is InChI=1S/C16H26O2Si/c1-6-14-12-10-11-13-15(14)16(7-2)18-19(8-3,9-4)17-5/h6,10-13,16H,1,7-9H2,2-5H3. The van der Waals surface area contributed by atoms with Crippen LogP contribution < -0.4 is 0 Å². The highest BCUT2D eigenvalue weighted by Gasteiger charge is 2.35. The lowest BCUT2D eigenvalue weighted by Crippen LogP contribution is -2.40. The van der Waals surface area contributed by atoms with E-state index in [1.165, 1.54) is 5.56 Å². The molecular weight excluding hydrogens is 252 g/mol. The summed E-state index contributed by atoms with van der Waals surface area (Å²) in [5.41, 5.74) is 2.37. The first-order valence-corrected chi connectivity index (χ1v) is 9.33. The van der Waals surface area contributed by atoms with Crippen LogP contribution in [0.3, 0.4) is 0 Å². The van der Waals surface area contributed by atoms with Gasteiger partial charge < -0.3 is 8.85 Å². The number of benzene rings is 1. The lowest BCUT2D eigenvalue weighted by atomic mass is 10.0.